The van der Waals surface area contributed by atoms with Crippen LogP contribution < -0.4 is 0 Å². The fourth-order valence-electron chi connectivity index (χ4n) is 7.27. The van der Waals surface area contributed by atoms with Crippen molar-refractivity contribution in [1.29, 1.82) is 0 Å². The molecule has 2 fully saturated rings. The number of aliphatic hydroxyl groups excluding tert-OH is 4. The van der Waals surface area contributed by atoms with Gasteiger partial charge < -0.3 is 34.6 Å². The van der Waals surface area contributed by atoms with Gasteiger partial charge in [-0.15, -0.1) is 0 Å². The third-order valence-corrected chi connectivity index (χ3v) is 10.2. The van der Waals surface area contributed by atoms with Crippen molar-refractivity contribution in [2.75, 3.05) is 0 Å². The number of hydrogen-bond donors (Lipinski definition) is 4. The summed E-state index contributed by atoms with van der Waals surface area (Å²) in [6, 6.07) is 0. The van der Waals surface area contributed by atoms with Crippen LogP contribution in [0.4, 0.5) is 0 Å². The summed E-state index contributed by atoms with van der Waals surface area (Å²) in [7, 11) is 0. The summed E-state index contributed by atoms with van der Waals surface area (Å²) in [5, 5.41) is 42.0. The Hall–Kier alpha value is -1.03. The van der Waals surface area contributed by atoms with Crippen molar-refractivity contribution >= 4 is 5.97 Å². The lowest BCUT2D eigenvalue weighted by Crippen LogP contribution is -2.33. The summed E-state index contributed by atoms with van der Waals surface area (Å²) in [4.78, 5) is 11.7. The molecule has 2 saturated heterocycles. The minimum Gasteiger partial charge on any atom is -0.455 e. The zero-order chi connectivity index (χ0) is 32.4. The van der Waals surface area contributed by atoms with Crippen LogP contribution in [0.5, 0.6) is 0 Å². The number of rotatable bonds is 25. The molecule has 45 heavy (non-hydrogen) atoms. The molecule has 0 amide bonds. The Kier molecular flexibility index (Phi) is 18.6. The van der Waals surface area contributed by atoms with Crippen LogP contribution in [-0.2, 0) is 19.0 Å². The Labute approximate surface area is 273 Å². The Balaban J connectivity index is 1.15. The van der Waals surface area contributed by atoms with E-state index in [4.69, 9.17) is 14.2 Å². The number of aliphatic hydroxyl groups is 4. The summed E-state index contributed by atoms with van der Waals surface area (Å²) in [5.74, 6) is -0.315. The van der Waals surface area contributed by atoms with Crippen molar-refractivity contribution < 1.29 is 39.4 Å². The molecule has 0 aromatic heterocycles. The molecule has 3 unspecified atom stereocenters. The van der Waals surface area contributed by atoms with E-state index < -0.39 is 18.3 Å². The van der Waals surface area contributed by atoms with E-state index in [2.05, 4.69) is 6.92 Å². The number of carbonyl (C=O) groups excluding carboxylic acids is 1. The molecule has 0 bridgehead atoms. The second-order valence-electron chi connectivity index (χ2n) is 14.2. The first-order chi connectivity index (χ1) is 21.8. The first-order valence-electron chi connectivity index (χ1n) is 18.7. The van der Waals surface area contributed by atoms with Gasteiger partial charge in [-0.3, -0.25) is 0 Å². The van der Waals surface area contributed by atoms with Gasteiger partial charge in [0.05, 0.1) is 48.8 Å². The van der Waals surface area contributed by atoms with Crippen LogP contribution >= 0.6 is 0 Å². The lowest BCUT2D eigenvalue weighted by molar-refractivity contribution is -0.139. The SMILES string of the molecule is CCCCCCCCCC[C@@H](O)[C@H]1CC[C@H]([C@H]2CC[C@H]([C@H](O)CCCCCCCCC(O)C(O)CCC3=CC(C)OC3=O)O2)O1. The van der Waals surface area contributed by atoms with Crippen LogP contribution in [-0.4, -0.2) is 81.3 Å². The molecule has 8 nitrogen and oxygen atoms in total. The molecule has 9 atom stereocenters. The van der Waals surface area contributed by atoms with Gasteiger partial charge in [-0.05, 0) is 70.8 Å². The highest BCUT2D eigenvalue weighted by atomic mass is 16.6. The maximum absolute atomic E-state index is 11.7. The van der Waals surface area contributed by atoms with Gasteiger partial charge in [0.15, 0.2) is 0 Å². The summed E-state index contributed by atoms with van der Waals surface area (Å²) < 4.78 is 17.6. The minimum atomic E-state index is -0.828. The fourth-order valence-corrected chi connectivity index (χ4v) is 7.27. The molecule has 262 valence electrons. The third kappa shape index (κ3) is 14.3. The first kappa shape index (κ1) is 38.4. The van der Waals surface area contributed by atoms with Crippen LogP contribution in [0.1, 0.15) is 162 Å². The lowest BCUT2D eigenvalue weighted by Gasteiger charge is -2.24. The zero-order valence-electron chi connectivity index (χ0n) is 28.5. The molecule has 3 heterocycles. The van der Waals surface area contributed by atoms with Gasteiger partial charge in [-0.25, -0.2) is 4.79 Å². The molecule has 0 spiro atoms. The summed E-state index contributed by atoms with van der Waals surface area (Å²) in [6.07, 6.45) is 21.8. The fraction of sp³-hybridized carbons (Fsp3) is 0.919. The molecule has 0 radical (unpaired) electrons. The average Bonchev–Trinajstić information content (AvgIpc) is 3.78. The Morgan fingerprint density at radius 2 is 1.09 bits per heavy atom. The highest BCUT2D eigenvalue weighted by molar-refractivity contribution is 5.90. The zero-order valence-corrected chi connectivity index (χ0v) is 28.5. The van der Waals surface area contributed by atoms with Gasteiger partial charge >= 0.3 is 5.97 Å². The quantitative estimate of drug-likeness (QED) is 0.0634. The summed E-state index contributed by atoms with van der Waals surface area (Å²) in [5.41, 5.74) is 0.592. The van der Waals surface area contributed by atoms with Crippen molar-refractivity contribution in [3.63, 3.8) is 0 Å². The summed E-state index contributed by atoms with van der Waals surface area (Å²) >= 11 is 0. The number of carbonyl (C=O) groups is 1. The van der Waals surface area contributed by atoms with Crippen molar-refractivity contribution in [2.24, 2.45) is 0 Å². The Bertz CT molecular complexity index is 833. The van der Waals surface area contributed by atoms with Crippen molar-refractivity contribution in [3.05, 3.63) is 11.6 Å². The molecule has 0 aliphatic carbocycles. The van der Waals surface area contributed by atoms with Crippen molar-refractivity contribution in [1.82, 2.24) is 0 Å². The number of ether oxygens (including phenoxy) is 3. The first-order valence-corrected chi connectivity index (χ1v) is 18.7. The molecular weight excluding hydrogens is 572 g/mol. The van der Waals surface area contributed by atoms with E-state index in [9.17, 15) is 25.2 Å². The van der Waals surface area contributed by atoms with E-state index in [1.165, 1.54) is 44.9 Å². The highest BCUT2D eigenvalue weighted by Crippen LogP contribution is 2.34. The molecule has 3 aliphatic rings. The van der Waals surface area contributed by atoms with E-state index >= 15 is 0 Å². The molecular formula is C37H66O8. The maximum atomic E-state index is 11.7. The molecule has 3 aliphatic heterocycles. The number of hydrogen-bond acceptors (Lipinski definition) is 8. The van der Waals surface area contributed by atoms with Gasteiger partial charge in [0, 0.05) is 5.57 Å². The van der Waals surface area contributed by atoms with E-state index in [1.54, 1.807) is 6.08 Å². The molecule has 3 rings (SSSR count). The van der Waals surface area contributed by atoms with Crippen LogP contribution in [0.2, 0.25) is 0 Å². The highest BCUT2D eigenvalue weighted by Gasteiger charge is 2.40. The normalized spacial score (nSPS) is 27.8. The van der Waals surface area contributed by atoms with Gasteiger partial charge in [0.25, 0.3) is 0 Å². The van der Waals surface area contributed by atoms with Crippen molar-refractivity contribution in [2.45, 2.75) is 216 Å². The second-order valence-corrected chi connectivity index (χ2v) is 14.2. The molecule has 0 aromatic rings. The average molecular weight is 639 g/mol. The monoisotopic (exact) mass is 638 g/mol. The van der Waals surface area contributed by atoms with E-state index in [-0.39, 0.29) is 42.6 Å². The van der Waals surface area contributed by atoms with Gasteiger partial charge in [0.1, 0.15) is 6.10 Å². The van der Waals surface area contributed by atoms with Crippen molar-refractivity contribution in [3.8, 4) is 0 Å². The van der Waals surface area contributed by atoms with Gasteiger partial charge in [0.2, 0.25) is 0 Å². The number of esters is 1. The maximum Gasteiger partial charge on any atom is 0.334 e. The standard InChI is InChI=1S/C37H66O8/c1-3-4-5-6-7-8-12-15-18-31(40)33-22-24-35(44-33)36-25-23-34(45-36)32(41)19-16-13-10-9-11-14-17-29(38)30(39)21-20-28-26-27(2)43-37(28)42/h26-27,29-36,38-41H,3-25H2,1-2H3/t27?,29?,30?,31-,32-,33-,34-,35-,36-/m1/s1. The second kappa shape index (κ2) is 21.8. The largest absolute Gasteiger partial charge is 0.455 e. The van der Waals surface area contributed by atoms with E-state index in [0.29, 0.717) is 24.8 Å². The van der Waals surface area contributed by atoms with Crippen LogP contribution in [0.15, 0.2) is 11.6 Å². The molecule has 8 heteroatoms. The smallest absolute Gasteiger partial charge is 0.334 e. The van der Waals surface area contributed by atoms with Crippen LogP contribution in [0.3, 0.4) is 0 Å². The van der Waals surface area contributed by atoms with Gasteiger partial charge in [-0.1, -0.05) is 96.8 Å². The molecule has 4 N–H and O–H groups in total. The van der Waals surface area contributed by atoms with E-state index in [0.717, 1.165) is 83.5 Å². The number of cyclic esters (lactones) is 1. The Morgan fingerprint density at radius 1 is 0.644 bits per heavy atom. The van der Waals surface area contributed by atoms with Crippen LogP contribution in [0, 0.1) is 0 Å². The molecule has 0 saturated carbocycles. The number of unbranched alkanes of at least 4 members (excludes halogenated alkanes) is 12. The minimum absolute atomic E-state index is 0.0267. The van der Waals surface area contributed by atoms with E-state index in [1.807, 2.05) is 6.92 Å². The van der Waals surface area contributed by atoms with Crippen LogP contribution in [0.25, 0.3) is 0 Å². The Morgan fingerprint density at radius 3 is 1.56 bits per heavy atom. The third-order valence-electron chi connectivity index (χ3n) is 10.2. The summed E-state index contributed by atoms with van der Waals surface area (Å²) in [6.45, 7) is 4.06. The lowest BCUT2D eigenvalue weighted by atomic mass is 9.98. The molecule has 0 aromatic carbocycles. The van der Waals surface area contributed by atoms with Gasteiger partial charge in [-0.2, -0.15) is 0 Å². The predicted octanol–water partition coefficient (Wildman–Crippen LogP) is 6.83. The predicted molar refractivity (Wildman–Crippen MR) is 177 cm³/mol. The topological polar surface area (TPSA) is 126 Å².